The predicted octanol–water partition coefficient (Wildman–Crippen LogP) is 2.23. The maximum absolute atomic E-state index is 13.6. The maximum Gasteiger partial charge on any atom is 0.377 e. The van der Waals surface area contributed by atoms with E-state index in [0.717, 1.165) is 12.1 Å². The summed E-state index contributed by atoms with van der Waals surface area (Å²) in [4.78, 5) is 21.2. The molecule has 1 aromatic carbocycles. The monoisotopic (exact) mass is 257 g/mol. The van der Waals surface area contributed by atoms with Crippen LogP contribution in [0.15, 0.2) is 12.1 Å². The molecule has 18 heavy (non-hydrogen) atoms. The van der Waals surface area contributed by atoms with Gasteiger partial charge in [-0.1, -0.05) is 4.48 Å². The molecule has 0 atom stereocenters. The van der Waals surface area contributed by atoms with Crippen LogP contribution in [-0.2, 0) is 4.79 Å². The molecule has 2 aromatic rings. The van der Waals surface area contributed by atoms with Crippen LogP contribution < -0.4 is 0 Å². The van der Waals surface area contributed by atoms with E-state index in [4.69, 9.17) is 5.11 Å². The molecule has 0 bridgehead atoms. The number of halogens is 3. The average Bonchev–Trinajstić information content (AvgIpc) is 2.52. The zero-order valence-electron chi connectivity index (χ0n) is 9.00. The fraction of sp³-hybridized carbons (Fsp3) is 0.0909. The van der Waals surface area contributed by atoms with Gasteiger partial charge in [0.15, 0.2) is 0 Å². The van der Waals surface area contributed by atoms with Gasteiger partial charge in [0.2, 0.25) is 5.95 Å². The molecule has 0 fully saturated rings. The molecule has 1 aromatic heterocycles. The molecule has 0 aliphatic carbocycles. The second-order valence-corrected chi connectivity index (χ2v) is 3.72. The predicted molar refractivity (Wildman–Crippen MR) is 55.1 cm³/mol. The molecule has 94 valence electrons. The van der Waals surface area contributed by atoms with Crippen molar-refractivity contribution in [1.29, 1.82) is 0 Å². The van der Waals surface area contributed by atoms with E-state index in [-0.39, 0.29) is 0 Å². The Hall–Kier alpha value is -2.31. The van der Waals surface area contributed by atoms with Crippen LogP contribution in [0.25, 0.3) is 10.9 Å². The van der Waals surface area contributed by atoms with E-state index in [1.165, 1.54) is 6.92 Å². The molecule has 7 heteroatoms. The van der Waals surface area contributed by atoms with Crippen LogP contribution in [0.4, 0.5) is 13.3 Å². The van der Waals surface area contributed by atoms with E-state index in [1.807, 2.05) is 0 Å². The third-order valence-corrected chi connectivity index (χ3v) is 2.48. The number of Topliss-reactive ketones (excluding diaryl/α,β-unsaturated/α-hetero) is 1. The molecule has 4 nitrogen and oxygen atoms in total. The summed E-state index contributed by atoms with van der Waals surface area (Å²) in [6, 6.07) is 2.07. The number of hydrogen-bond acceptors (Lipinski definition) is 2. The summed E-state index contributed by atoms with van der Waals surface area (Å²) in [6.45, 7) is 1.45. The van der Waals surface area contributed by atoms with Crippen molar-refractivity contribution in [2.45, 2.75) is 6.92 Å². The Balaban J connectivity index is 2.94. The normalized spacial score (nSPS) is 10.9. The highest BCUT2D eigenvalue weighted by molar-refractivity contribution is 6.42. The molecule has 1 heterocycles. The first-order valence-electron chi connectivity index (χ1n) is 4.78. The number of carboxylic acids is 1. The van der Waals surface area contributed by atoms with Crippen LogP contribution >= 0.6 is 0 Å². The second kappa shape index (κ2) is 3.86. The molecule has 1 N–H and O–H groups in total. The smallest absolute Gasteiger partial charge is 0.377 e. The Bertz CT molecular complexity index is 691. The molecular formula is C11H6F3NO3. The highest BCUT2D eigenvalue weighted by atomic mass is 19.2. The minimum atomic E-state index is -1.98. The Kier molecular flexibility index (Phi) is 2.61. The van der Waals surface area contributed by atoms with Gasteiger partial charge in [0.25, 0.3) is 5.78 Å². The van der Waals surface area contributed by atoms with Crippen molar-refractivity contribution >= 4 is 22.7 Å². The van der Waals surface area contributed by atoms with Crippen molar-refractivity contribution in [3.63, 3.8) is 0 Å². The summed E-state index contributed by atoms with van der Waals surface area (Å²) >= 11 is 0. The van der Waals surface area contributed by atoms with Crippen LogP contribution in [0, 0.1) is 18.7 Å². The third kappa shape index (κ3) is 1.55. The number of rotatable bonds is 2. The first kappa shape index (κ1) is 12.2. The largest absolute Gasteiger partial charge is 0.475 e. The Morgan fingerprint density at radius 2 is 1.89 bits per heavy atom. The van der Waals surface area contributed by atoms with E-state index in [0.29, 0.717) is 5.56 Å². The number of aryl methyl sites for hydroxylation is 1. The first-order chi connectivity index (χ1) is 8.34. The molecule has 0 radical (unpaired) electrons. The van der Waals surface area contributed by atoms with Gasteiger partial charge >= 0.3 is 5.97 Å². The quantitative estimate of drug-likeness (QED) is 0.663. The number of nitrogens with zero attached hydrogens (tertiary/aromatic N) is 1. The van der Waals surface area contributed by atoms with E-state index in [9.17, 15) is 22.9 Å². The highest BCUT2D eigenvalue weighted by Crippen LogP contribution is 2.29. The fourth-order valence-corrected chi connectivity index (χ4v) is 1.75. The number of fused-ring (bicyclic) bond motifs is 1. The van der Waals surface area contributed by atoms with Gasteiger partial charge in [0.1, 0.15) is 5.82 Å². The minimum Gasteiger partial charge on any atom is -0.475 e. The molecule has 0 amide bonds. The molecule has 0 unspecified atom stereocenters. The van der Waals surface area contributed by atoms with Crippen LogP contribution in [0.2, 0.25) is 0 Å². The third-order valence-electron chi connectivity index (χ3n) is 2.48. The highest BCUT2D eigenvalue weighted by Gasteiger charge is 2.29. The lowest BCUT2D eigenvalue weighted by atomic mass is 10.1. The fourth-order valence-electron chi connectivity index (χ4n) is 1.75. The standard InChI is InChI=1S/C11H6F3NO3/c1-4-2-5(12)7-6(3-4)15(14)10(13)8(7)9(16)11(17)18/h2-3H,1H3,(H,17,18). The molecule has 0 aliphatic rings. The van der Waals surface area contributed by atoms with Crippen molar-refractivity contribution in [3.05, 3.63) is 35.0 Å². The van der Waals surface area contributed by atoms with Crippen molar-refractivity contribution < 1.29 is 28.0 Å². The van der Waals surface area contributed by atoms with Crippen molar-refractivity contribution in [1.82, 2.24) is 4.79 Å². The van der Waals surface area contributed by atoms with E-state index >= 15 is 0 Å². The lowest BCUT2D eigenvalue weighted by molar-refractivity contribution is -0.131. The molecule has 0 spiro atoms. The summed E-state index contributed by atoms with van der Waals surface area (Å²) in [5.74, 6) is -6.45. The molecule has 0 saturated heterocycles. The van der Waals surface area contributed by atoms with Crippen LogP contribution in [0.1, 0.15) is 15.9 Å². The van der Waals surface area contributed by atoms with E-state index in [2.05, 4.69) is 0 Å². The summed E-state index contributed by atoms with van der Waals surface area (Å²) in [5, 5.41) is 7.83. The SMILES string of the molecule is Cc1cc(F)c2c(C(=O)C(=O)O)c(F)n(F)c2c1. The second-order valence-electron chi connectivity index (χ2n) is 3.72. The Labute approximate surface area is 98.2 Å². The summed E-state index contributed by atoms with van der Waals surface area (Å²) in [7, 11) is 0. The minimum absolute atomic E-state index is 0.311. The molecule has 2 rings (SSSR count). The summed E-state index contributed by atoms with van der Waals surface area (Å²) < 4.78 is 40.5. The van der Waals surface area contributed by atoms with Gasteiger partial charge in [0.05, 0.1) is 16.5 Å². The van der Waals surface area contributed by atoms with Crippen molar-refractivity contribution in [2.24, 2.45) is 0 Å². The van der Waals surface area contributed by atoms with Crippen LogP contribution in [0.3, 0.4) is 0 Å². The number of aliphatic carboxylic acids is 1. The van der Waals surface area contributed by atoms with E-state index < -0.39 is 44.8 Å². The number of benzene rings is 1. The lowest BCUT2D eigenvalue weighted by Crippen LogP contribution is -2.14. The van der Waals surface area contributed by atoms with E-state index in [1.54, 1.807) is 0 Å². The number of ketones is 1. The zero-order valence-corrected chi connectivity index (χ0v) is 9.00. The van der Waals surface area contributed by atoms with Gasteiger partial charge < -0.3 is 5.11 Å². The van der Waals surface area contributed by atoms with Gasteiger partial charge in [-0.15, -0.1) is 4.79 Å². The molecular weight excluding hydrogens is 251 g/mol. The van der Waals surface area contributed by atoms with Gasteiger partial charge in [-0.2, -0.15) is 4.39 Å². The van der Waals surface area contributed by atoms with Gasteiger partial charge in [-0.3, -0.25) is 4.79 Å². The lowest BCUT2D eigenvalue weighted by Gasteiger charge is -1.98. The summed E-state index contributed by atoms with van der Waals surface area (Å²) in [6.07, 6.45) is 0. The maximum atomic E-state index is 13.6. The van der Waals surface area contributed by atoms with Crippen LogP contribution in [0.5, 0.6) is 0 Å². The topological polar surface area (TPSA) is 59.3 Å². The van der Waals surface area contributed by atoms with Gasteiger partial charge in [0, 0.05) is 0 Å². The number of hydrogen-bond donors (Lipinski definition) is 1. The number of carboxylic acid groups (broad SMARTS) is 1. The van der Waals surface area contributed by atoms with Crippen LogP contribution in [-0.4, -0.2) is 21.6 Å². The number of aromatic nitrogens is 1. The Morgan fingerprint density at radius 3 is 2.44 bits per heavy atom. The molecule has 0 saturated carbocycles. The Morgan fingerprint density at radius 1 is 1.28 bits per heavy atom. The number of carbonyl (C=O) groups excluding carboxylic acids is 1. The molecule has 0 aliphatic heterocycles. The summed E-state index contributed by atoms with van der Waals surface area (Å²) in [5.41, 5.74) is -1.32. The number of carbonyl (C=O) groups is 2. The van der Waals surface area contributed by atoms with Gasteiger partial charge in [-0.25, -0.2) is 9.18 Å². The van der Waals surface area contributed by atoms with Crippen molar-refractivity contribution in [3.8, 4) is 0 Å². The average molecular weight is 257 g/mol. The first-order valence-corrected chi connectivity index (χ1v) is 4.78. The van der Waals surface area contributed by atoms with Gasteiger partial charge in [-0.05, 0) is 24.6 Å². The zero-order chi connectivity index (χ0) is 13.6. The van der Waals surface area contributed by atoms with Crippen molar-refractivity contribution in [2.75, 3.05) is 0 Å².